The van der Waals surface area contributed by atoms with Gasteiger partial charge in [-0.15, -0.1) is 11.3 Å². The lowest BCUT2D eigenvalue weighted by Crippen LogP contribution is -2.08. The summed E-state index contributed by atoms with van der Waals surface area (Å²) in [5.41, 5.74) is 3.58. The molecule has 4 nitrogen and oxygen atoms in total. The second-order valence-corrected chi connectivity index (χ2v) is 8.66. The van der Waals surface area contributed by atoms with E-state index in [1.807, 2.05) is 14.1 Å². The molecule has 0 saturated heterocycles. The highest BCUT2D eigenvalue weighted by molar-refractivity contribution is 7.18. The standard InChI is InChI=1S/C24H26N4S/c1-17-16-21-23(25-15-7-10-18-8-5-4-6-9-18)26-22(27-24(21)29-17)19-11-13-20(14-12-19)28(2)3/h4-6,8-9,11-14,16H,7,10,15H2,1-3H3,(H,25,26,27). The van der Waals surface area contributed by atoms with Crippen LogP contribution in [0.2, 0.25) is 0 Å². The number of hydrogen-bond donors (Lipinski definition) is 1. The molecule has 2 aromatic carbocycles. The average Bonchev–Trinajstić information content (AvgIpc) is 3.12. The number of benzene rings is 2. The fraction of sp³-hybridized carbons (Fsp3) is 0.250. The first-order valence-electron chi connectivity index (χ1n) is 9.94. The van der Waals surface area contributed by atoms with Crippen LogP contribution >= 0.6 is 11.3 Å². The molecule has 0 atom stereocenters. The predicted octanol–water partition coefficient (Wildman–Crippen LogP) is 5.78. The molecule has 0 bridgehead atoms. The van der Waals surface area contributed by atoms with Crippen LogP contribution in [0.25, 0.3) is 21.6 Å². The number of aromatic nitrogens is 2. The van der Waals surface area contributed by atoms with E-state index in [1.54, 1.807) is 11.3 Å². The van der Waals surface area contributed by atoms with Gasteiger partial charge in [0, 0.05) is 36.8 Å². The van der Waals surface area contributed by atoms with E-state index in [0.29, 0.717) is 0 Å². The lowest BCUT2D eigenvalue weighted by atomic mass is 10.1. The van der Waals surface area contributed by atoms with E-state index in [1.165, 1.54) is 16.1 Å². The van der Waals surface area contributed by atoms with Crippen molar-refractivity contribution in [3.63, 3.8) is 0 Å². The molecule has 29 heavy (non-hydrogen) atoms. The van der Waals surface area contributed by atoms with E-state index in [2.05, 4.69) is 77.8 Å². The van der Waals surface area contributed by atoms with Crippen molar-refractivity contribution in [3.8, 4) is 11.4 Å². The summed E-state index contributed by atoms with van der Waals surface area (Å²) in [7, 11) is 4.09. The van der Waals surface area contributed by atoms with Crippen molar-refractivity contribution in [2.24, 2.45) is 0 Å². The number of aryl methyl sites for hydroxylation is 2. The minimum atomic E-state index is 0.773. The molecule has 0 saturated carbocycles. The molecular weight excluding hydrogens is 376 g/mol. The molecular formula is C24H26N4S. The highest BCUT2D eigenvalue weighted by Gasteiger charge is 2.12. The van der Waals surface area contributed by atoms with Gasteiger partial charge in [-0.05, 0) is 55.7 Å². The van der Waals surface area contributed by atoms with E-state index in [-0.39, 0.29) is 0 Å². The maximum atomic E-state index is 4.87. The number of fused-ring (bicyclic) bond motifs is 1. The molecule has 2 aromatic heterocycles. The Morgan fingerprint density at radius 1 is 0.966 bits per heavy atom. The van der Waals surface area contributed by atoms with Gasteiger partial charge in [-0.2, -0.15) is 0 Å². The highest BCUT2D eigenvalue weighted by atomic mass is 32.1. The van der Waals surface area contributed by atoms with E-state index in [0.717, 1.165) is 46.8 Å². The number of thiophene rings is 1. The zero-order valence-electron chi connectivity index (χ0n) is 17.1. The van der Waals surface area contributed by atoms with Gasteiger partial charge in [0.05, 0.1) is 5.39 Å². The van der Waals surface area contributed by atoms with Crippen molar-refractivity contribution >= 4 is 33.1 Å². The molecule has 1 N–H and O–H groups in total. The summed E-state index contributed by atoms with van der Waals surface area (Å²) in [6.45, 7) is 3.01. The van der Waals surface area contributed by atoms with Crippen LogP contribution in [0.1, 0.15) is 16.9 Å². The topological polar surface area (TPSA) is 41.1 Å². The first-order valence-corrected chi connectivity index (χ1v) is 10.8. The summed E-state index contributed by atoms with van der Waals surface area (Å²) in [4.78, 5) is 14.1. The molecule has 0 aliphatic heterocycles. The monoisotopic (exact) mass is 402 g/mol. The largest absolute Gasteiger partial charge is 0.378 e. The van der Waals surface area contributed by atoms with E-state index in [9.17, 15) is 0 Å². The Bertz CT molecular complexity index is 1090. The maximum absolute atomic E-state index is 4.87. The SMILES string of the molecule is Cc1cc2c(NCCCc3ccccc3)nc(-c3ccc(N(C)C)cc3)nc2s1. The van der Waals surface area contributed by atoms with Gasteiger partial charge in [-0.25, -0.2) is 9.97 Å². The molecule has 4 aromatic rings. The second-order valence-electron chi connectivity index (χ2n) is 7.43. The summed E-state index contributed by atoms with van der Waals surface area (Å²) in [6, 6.07) is 21.2. The summed E-state index contributed by atoms with van der Waals surface area (Å²) in [5.74, 6) is 1.70. The second kappa shape index (κ2) is 8.62. The third kappa shape index (κ3) is 4.57. The van der Waals surface area contributed by atoms with E-state index in [4.69, 9.17) is 9.97 Å². The number of hydrogen-bond acceptors (Lipinski definition) is 5. The fourth-order valence-corrected chi connectivity index (χ4v) is 4.24. The molecule has 0 aliphatic carbocycles. The van der Waals surface area contributed by atoms with Crippen molar-refractivity contribution in [1.29, 1.82) is 0 Å². The van der Waals surface area contributed by atoms with Crippen molar-refractivity contribution in [1.82, 2.24) is 9.97 Å². The molecule has 148 valence electrons. The lowest BCUT2D eigenvalue weighted by Gasteiger charge is -2.13. The Kier molecular flexibility index (Phi) is 5.76. The van der Waals surface area contributed by atoms with Crippen LogP contribution in [0.15, 0.2) is 60.7 Å². The van der Waals surface area contributed by atoms with Crippen LogP contribution in [-0.4, -0.2) is 30.6 Å². The molecule has 0 radical (unpaired) electrons. The Hall–Kier alpha value is -2.92. The van der Waals surface area contributed by atoms with Crippen molar-refractivity contribution in [2.45, 2.75) is 19.8 Å². The Morgan fingerprint density at radius 2 is 1.72 bits per heavy atom. The van der Waals surface area contributed by atoms with Gasteiger partial charge >= 0.3 is 0 Å². The minimum absolute atomic E-state index is 0.773. The van der Waals surface area contributed by atoms with Crippen LogP contribution in [0.4, 0.5) is 11.5 Å². The molecule has 4 rings (SSSR count). The first-order chi connectivity index (χ1) is 14.1. The molecule has 0 aliphatic rings. The highest BCUT2D eigenvalue weighted by Crippen LogP contribution is 2.31. The summed E-state index contributed by atoms with van der Waals surface area (Å²) in [6.07, 6.45) is 2.12. The zero-order valence-corrected chi connectivity index (χ0v) is 18.0. The Morgan fingerprint density at radius 3 is 2.45 bits per heavy atom. The Balaban J connectivity index is 1.55. The third-order valence-corrected chi connectivity index (χ3v) is 5.88. The number of rotatable bonds is 7. The summed E-state index contributed by atoms with van der Waals surface area (Å²) >= 11 is 1.72. The van der Waals surface area contributed by atoms with Crippen LogP contribution < -0.4 is 10.2 Å². The molecule has 2 heterocycles. The third-order valence-electron chi connectivity index (χ3n) is 4.94. The predicted molar refractivity (Wildman–Crippen MR) is 125 cm³/mol. The van der Waals surface area contributed by atoms with Crippen molar-refractivity contribution < 1.29 is 0 Å². The van der Waals surface area contributed by atoms with Gasteiger partial charge in [-0.3, -0.25) is 0 Å². The number of nitrogens with one attached hydrogen (secondary N) is 1. The number of nitrogens with zero attached hydrogens (tertiary/aromatic N) is 3. The molecule has 0 spiro atoms. The normalized spacial score (nSPS) is 11.0. The van der Waals surface area contributed by atoms with Crippen LogP contribution in [-0.2, 0) is 6.42 Å². The smallest absolute Gasteiger partial charge is 0.163 e. The molecule has 0 fully saturated rings. The van der Waals surface area contributed by atoms with Crippen molar-refractivity contribution in [2.75, 3.05) is 30.9 Å². The molecule has 5 heteroatoms. The lowest BCUT2D eigenvalue weighted by molar-refractivity contribution is 0.860. The van der Waals surface area contributed by atoms with Gasteiger partial charge in [0.1, 0.15) is 10.6 Å². The quantitative estimate of drug-likeness (QED) is 0.398. The van der Waals surface area contributed by atoms with Gasteiger partial charge in [0.15, 0.2) is 5.82 Å². The van der Waals surface area contributed by atoms with E-state index < -0.39 is 0 Å². The van der Waals surface area contributed by atoms with Gasteiger partial charge in [0.25, 0.3) is 0 Å². The van der Waals surface area contributed by atoms with E-state index >= 15 is 0 Å². The molecule has 0 amide bonds. The Labute approximate surface area is 176 Å². The van der Waals surface area contributed by atoms with Crippen LogP contribution in [0, 0.1) is 6.92 Å². The van der Waals surface area contributed by atoms with Crippen LogP contribution in [0.3, 0.4) is 0 Å². The van der Waals surface area contributed by atoms with Crippen molar-refractivity contribution in [3.05, 3.63) is 71.1 Å². The first kappa shape index (κ1) is 19.4. The van der Waals surface area contributed by atoms with Crippen LogP contribution in [0.5, 0.6) is 0 Å². The van der Waals surface area contributed by atoms with Gasteiger partial charge in [-0.1, -0.05) is 30.3 Å². The average molecular weight is 403 g/mol. The summed E-state index contributed by atoms with van der Waals surface area (Å²) < 4.78 is 0. The minimum Gasteiger partial charge on any atom is -0.378 e. The zero-order chi connectivity index (χ0) is 20.2. The maximum Gasteiger partial charge on any atom is 0.163 e. The molecule has 0 unspecified atom stereocenters. The summed E-state index contributed by atoms with van der Waals surface area (Å²) in [5, 5.41) is 4.67. The van der Waals surface area contributed by atoms with Gasteiger partial charge < -0.3 is 10.2 Å². The fourth-order valence-electron chi connectivity index (χ4n) is 3.36. The van der Waals surface area contributed by atoms with Gasteiger partial charge in [0.2, 0.25) is 0 Å². The number of anilines is 2.